The summed E-state index contributed by atoms with van der Waals surface area (Å²) in [6.07, 6.45) is 1.81. The van der Waals surface area contributed by atoms with E-state index in [0.717, 1.165) is 32.5 Å². The molecule has 1 fully saturated rings. The molecule has 5 nitrogen and oxygen atoms in total. The highest BCUT2D eigenvalue weighted by atomic mass is 32.2. The van der Waals surface area contributed by atoms with Gasteiger partial charge in [-0.25, -0.2) is 13.1 Å². The van der Waals surface area contributed by atoms with E-state index in [0.29, 0.717) is 10.6 Å². The van der Waals surface area contributed by atoms with Crippen LogP contribution in [0, 0.1) is 0 Å². The Kier molecular flexibility index (Phi) is 5.01. The van der Waals surface area contributed by atoms with Crippen molar-refractivity contribution in [3.63, 3.8) is 0 Å². The lowest BCUT2D eigenvalue weighted by molar-refractivity contribution is 0.407. The second kappa shape index (κ2) is 6.56. The highest BCUT2D eigenvalue weighted by Crippen LogP contribution is 2.22. The van der Waals surface area contributed by atoms with Crippen molar-refractivity contribution in [2.75, 3.05) is 32.0 Å². The number of sulfonamides is 1. The molecule has 1 aromatic carbocycles. The van der Waals surface area contributed by atoms with Crippen molar-refractivity contribution < 1.29 is 8.42 Å². The zero-order valence-corrected chi connectivity index (χ0v) is 12.9. The van der Waals surface area contributed by atoms with Crippen molar-refractivity contribution in [2.45, 2.75) is 30.7 Å². The first-order chi connectivity index (χ1) is 9.53. The fraction of sp³-hybridized carbons (Fsp3) is 0.571. The predicted octanol–water partition coefficient (Wildman–Crippen LogP) is 1.49. The first kappa shape index (κ1) is 15.3. The topological polar surface area (TPSA) is 61.4 Å². The molecule has 2 rings (SSSR count). The van der Waals surface area contributed by atoms with Crippen LogP contribution in [0.2, 0.25) is 0 Å². The highest BCUT2D eigenvalue weighted by molar-refractivity contribution is 7.89. The Balaban J connectivity index is 2.16. The zero-order valence-electron chi connectivity index (χ0n) is 12.1. The fourth-order valence-corrected chi connectivity index (χ4v) is 3.87. The van der Waals surface area contributed by atoms with E-state index in [9.17, 15) is 8.42 Å². The minimum absolute atomic E-state index is 0.00392. The molecule has 6 heteroatoms. The van der Waals surface area contributed by atoms with Gasteiger partial charge >= 0.3 is 0 Å². The van der Waals surface area contributed by atoms with Gasteiger partial charge in [0.25, 0.3) is 0 Å². The zero-order chi connectivity index (χ0) is 14.6. The van der Waals surface area contributed by atoms with E-state index in [1.807, 2.05) is 19.2 Å². The quantitative estimate of drug-likeness (QED) is 0.835. The molecule has 1 atom stereocenters. The number of hydrogen-bond donors (Lipinski definition) is 2. The molecule has 0 saturated carbocycles. The van der Waals surface area contributed by atoms with Crippen molar-refractivity contribution in [3.05, 3.63) is 24.3 Å². The van der Waals surface area contributed by atoms with Crippen LogP contribution in [0.3, 0.4) is 0 Å². The summed E-state index contributed by atoms with van der Waals surface area (Å²) in [6, 6.07) is 7.07. The summed E-state index contributed by atoms with van der Waals surface area (Å²) < 4.78 is 27.8. The molecular weight excluding hydrogens is 274 g/mol. The molecule has 0 spiro atoms. The van der Waals surface area contributed by atoms with Gasteiger partial charge in [-0.3, -0.25) is 0 Å². The largest absolute Gasteiger partial charge is 0.384 e. The molecule has 0 bridgehead atoms. The summed E-state index contributed by atoms with van der Waals surface area (Å²) in [5, 5.41) is 3.17. The molecule has 1 heterocycles. The maximum Gasteiger partial charge on any atom is 0.242 e. The maximum atomic E-state index is 12.5. The Morgan fingerprint density at radius 1 is 1.35 bits per heavy atom. The van der Waals surface area contributed by atoms with Crippen molar-refractivity contribution in [1.82, 2.24) is 9.62 Å². The van der Waals surface area contributed by atoms with Gasteiger partial charge in [0.2, 0.25) is 10.0 Å². The van der Waals surface area contributed by atoms with Gasteiger partial charge in [-0.15, -0.1) is 0 Å². The van der Waals surface area contributed by atoms with E-state index >= 15 is 0 Å². The monoisotopic (exact) mass is 297 g/mol. The van der Waals surface area contributed by atoms with Gasteiger partial charge in [-0.05, 0) is 38.6 Å². The molecule has 0 amide bonds. The van der Waals surface area contributed by atoms with Crippen LogP contribution >= 0.6 is 0 Å². The van der Waals surface area contributed by atoms with E-state index in [1.165, 1.54) is 0 Å². The van der Waals surface area contributed by atoms with Crippen molar-refractivity contribution >= 4 is 15.7 Å². The number of nitrogens with zero attached hydrogens (tertiary/aromatic N) is 1. The molecule has 0 aliphatic carbocycles. The third kappa shape index (κ3) is 3.71. The van der Waals surface area contributed by atoms with Gasteiger partial charge in [0.1, 0.15) is 4.90 Å². The molecule has 1 unspecified atom stereocenters. The lowest BCUT2D eigenvalue weighted by Gasteiger charge is -2.16. The molecule has 1 aromatic rings. The van der Waals surface area contributed by atoms with Crippen molar-refractivity contribution in [1.29, 1.82) is 0 Å². The molecule has 20 heavy (non-hydrogen) atoms. The van der Waals surface area contributed by atoms with Crippen molar-refractivity contribution in [3.8, 4) is 0 Å². The number of likely N-dealkylation sites (tertiary alicyclic amines) is 1. The first-order valence-electron chi connectivity index (χ1n) is 7.06. The second-order valence-electron chi connectivity index (χ2n) is 5.29. The van der Waals surface area contributed by atoms with Gasteiger partial charge in [0.15, 0.2) is 0 Å². The Labute approximate surface area is 121 Å². The molecule has 0 radical (unpaired) electrons. The van der Waals surface area contributed by atoms with E-state index in [-0.39, 0.29) is 6.04 Å². The Hall–Kier alpha value is -1.11. The minimum atomic E-state index is -3.47. The van der Waals surface area contributed by atoms with E-state index in [1.54, 1.807) is 12.1 Å². The number of nitrogens with one attached hydrogen (secondary N) is 2. The van der Waals surface area contributed by atoms with Gasteiger partial charge < -0.3 is 10.2 Å². The van der Waals surface area contributed by atoms with E-state index in [4.69, 9.17) is 0 Å². The summed E-state index contributed by atoms with van der Waals surface area (Å²) in [7, 11) is -1.46. The van der Waals surface area contributed by atoms with Crippen LogP contribution in [0.1, 0.15) is 19.8 Å². The normalized spacial score (nSPS) is 20.2. The predicted molar refractivity (Wildman–Crippen MR) is 81.4 cm³/mol. The second-order valence-corrected chi connectivity index (χ2v) is 6.97. The molecule has 112 valence electrons. The lowest BCUT2D eigenvalue weighted by Crippen LogP contribution is -2.36. The van der Waals surface area contributed by atoms with Crippen LogP contribution in [-0.4, -0.2) is 46.0 Å². The molecule has 0 aromatic heterocycles. The molecule has 1 aliphatic heterocycles. The van der Waals surface area contributed by atoms with Crippen molar-refractivity contribution in [2.24, 2.45) is 0 Å². The standard InChI is InChI=1S/C14H23N3O2S/c1-3-9-15-13-6-4-5-7-14(13)20(18,19)16-12-8-10-17(2)11-12/h4-7,12,15-16H,3,8-11H2,1-2H3. The summed E-state index contributed by atoms with van der Waals surface area (Å²) in [5.41, 5.74) is 0.674. The summed E-state index contributed by atoms with van der Waals surface area (Å²) >= 11 is 0. The number of benzene rings is 1. The number of hydrogen-bond acceptors (Lipinski definition) is 4. The average molecular weight is 297 g/mol. The van der Waals surface area contributed by atoms with Gasteiger partial charge in [-0.2, -0.15) is 0 Å². The number of anilines is 1. The summed E-state index contributed by atoms with van der Waals surface area (Å²) in [6.45, 7) is 4.52. The third-order valence-corrected chi connectivity index (χ3v) is 5.03. The Morgan fingerprint density at radius 2 is 2.10 bits per heavy atom. The Bertz CT molecular complexity index is 545. The minimum Gasteiger partial charge on any atom is -0.384 e. The fourth-order valence-electron chi connectivity index (χ4n) is 2.42. The molecule has 1 saturated heterocycles. The van der Waals surface area contributed by atoms with Crippen LogP contribution in [0.5, 0.6) is 0 Å². The van der Waals surface area contributed by atoms with Crippen LogP contribution in [-0.2, 0) is 10.0 Å². The maximum absolute atomic E-state index is 12.5. The summed E-state index contributed by atoms with van der Waals surface area (Å²) in [5.74, 6) is 0. The number of likely N-dealkylation sites (N-methyl/N-ethyl adjacent to an activating group) is 1. The summed E-state index contributed by atoms with van der Waals surface area (Å²) in [4.78, 5) is 2.47. The lowest BCUT2D eigenvalue weighted by atomic mass is 10.3. The third-order valence-electron chi connectivity index (χ3n) is 3.46. The highest BCUT2D eigenvalue weighted by Gasteiger charge is 2.26. The molecule has 2 N–H and O–H groups in total. The first-order valence-corrected chi connectivity index (χ1v) is 8.55. The van der Waals surface area contributed by atoms with Crippen LogP contribution in [0.15, 0.2) is 29.2 Å². The van der Waals surface area contributed by atoms with Crippen LogP contribution in [0.4, 0.5) is 5.69 Å². The SMILES string of the molecule is CCCNc1ccccc1S(=O)(=O)NC1CCN(C)C1. The number of rotatable bonds is 6. The Morgan fingerprint density at radius 3 is 2.75 bits per heavy atom. The average Bonchev–Trinajstić information content (AvgIpc) is 2.81. The van der Waals surface area contributed by atoms with Crippen LogP contribution < -0.4 is 10.0 Å². The van der Waals surface area contributed by atoms with Gasteiger partial charge in [0.05, 0.1) is 5.69 Å². The molecular formula is C14H23N3O2S. The number of para-hydroxylation sites is 1. The van der Waals surface area contributed by atoms with E-state index in [2.05, 4.69) is 21.9 Å². The molecule has 1 aliphatic rings. The van der Waals surface area contributed by atoms with Crippen LogP contribution in [0.25, 0.3) is 0 Å². The van der Waals surface area contributed by atoms with E-state index < -0.39 is 10.0 Å². The smallest absolute Gasteiger partial charge is 0.242 e. The van der Waals surface area contributed by atoms with Gasteiger partial charge in [0, 0.05) is 19.1 Å². The van der Waals surface area contributed by atoms with Gasteiger partial charge in [-0.1, -0.05) is 19.1 Å².